The van der Waals surface area contributed by atoms with Gasteiger partial charge in [0.25, 0.3) is 5.91 Å². The van der Waals surface area contributed by atoms with Crippen LogP contribution in [0.1, 0.15) is 32.9 Å². The number of aryl methyl sites for hydroxylation is 1. The summed E-state index contributed by atoms with van der Waals surface area (Å²) in [6.07, 6.45) is -3.91. The highest BCUT2D eigenvalue weighted by Gasteiger charge is 2.40. The molecule has 1 amide bonds. The highest BCUT2D eigenvalue weighted by Crippen LogP contribution is 2.40. The van der Waals surface area contributed by atoms with Crippen molar-refractivity contribution in [3.63, 3.8) is 0 Å². The zero-order chi connectivity index (χ0) is 24.9. The molecule has 0 radical (unpaired) electrons. The van der Waals surface area contributed by atoms with Crippen LogP contribution in [0.5, 0.6) is 0 Å². The Morgan fingerprint density at radius 1 is 0.917 bits per heavy atom. The topological polar surface area (TPSA) is 53.7 Å². The fourth-order valence-corrected chi connectivity index (χ4v) is 5.23. The number of amides is 1. The number of carbonyl (C=O) groups excluding carboxylic acids is 1. The Hall–Kier alpha value is -3.72. The molecule has 184 valence electrons. The predicted molar refractivity (Wildman–Crippen MR) is 128 cm³/mol. The molecule has 3 heterocycles. The van der Waals surface area contributed by atoms with Crippen LogP contribution in [0.2, 0.25) is 0 Å². The van der Waals surface area contributed by atoms with E-state index in [1.54, 1.807) is 17.0 Å². The monoisotopic (exact) mass is 491 g/mol. The van der Waals surface area contributed by atoms with E-state index in [2.05, 4.69) is 27.1 Å². The van der Waals surface area contributed by atoms with Gasteiger partial charge in [0.05, 0.1) is 5.69 Å². The predicted octanol–water partition coefficient (Wildman–Crippen LogP) is 4.47. The lowest BCUT2D eigenvalue weighted by Gasteiger charge is -2.34. The molecule has 36 heavy (non-hydrogen) atoms. The second kappa shape index (κ2) is 8.74. The molecule has 1 aliphatic carbocycles. The van der Waals surface area contributed by atoms with Gasteiger partial charge in [0.1, 0.15) is 0 Å². The van der Waals surface area contributed by atoms with Crippen LogP contribution in [0.25, 0.3) is 16.9 Å². The molecule has 2 aromatic heterocycles. The minimum Gasteiger partial charge on any atom is -0.335 e. The zero-order valence-electron chi connectivity index (χ0n) is 19.5. The van der Waals surface area contributed by atoms with Gasteiger partial charge in [0, 0.05) is 49.9 Å². The van der Waals surface area contributed by atoms with Gasteiger partial charge in [-0.2, -0.15) is 18.3 Å². The molecule has 2 aliphatic rings. The number of carbonyl (C=O) groups is 1. The van der Waals surface area contributed by atoms with Crippen molar-refractivity contribution in [2.45, 2.75) is 25.6 Å². The van der Waals surface area contributed by atoms with Gasteiger partial charge in [-0.05, 0) is 24.0 Å². The third-order valence-corrected chi connectivity index (χ3v) is 7.01. The Morgan fingerprint density at radius 2 is 1.64 bits per heavy atom. The van der Waals surface area contributed by atoms with Crippen molar-refractivity contribution in [1.29, 1.82) is 0 Å². The van der Waals surface area contributed by atoms with Crippen molar-refractivity contribution in [3.05, 3.63) is 88.7 Å². The minimum atomic E-state index is -4.63. The molecule has 1 saturated heterocycles. The van der Waals surface area contributed by atoms with E-state index in [4.69, 9.17) is 0 Å². The van der Waals surface area contributed by atoms with Crippen molar-refractivity contribution in [2.24, 2.45) is 0 Å². The summed E-state index contributed by atoms with van der Waals surface area (Å²) in [6, 6.07) is 18.9. The van der Waals surface area contributed by atoms with Crippen LogP contribution in [0.4, 0.5) is 13.2 Å². The number of nitrogens with zero attached hydrogens (tertiary/aromatic N) is 5. The second-order valence-electron chi connectivity index (χ2n) is 9.30. The van der Waals surface area contributed by atoms with E-state index < -0.39 is 11.9 Å². The average molecular weight is 492 g/mol. The van der Waals surface area contributed by atoms with Crippen LogP contribution in [0, 0.1) is 0 Å². The first-order valence-corrected chi connectivity index (χ1v) is 12.0. The highest BCUT2D eigenvalue weighted by molar-refractivity contribution is 5.93. The molecular weight excluding hydrogens is 467 g/mol. The van der Waals surface area contributed by atoms with Crippen molar-refractivity contribution < 1.29 is 18.0 Å². The first-order chi connectivity index (χ1) is 17.4. The number of hydrogen-bond acceptors (Lipinski definition) is 4. The van der Waals surface area contributed by atoms with Gasteiger partial charge < -0.3 is 4.90 Å². The number of alkyl halides is 3. The van der Waals surface area contributed by atoms with Crippen molar-refractivity contribution in [1.82, 2.24) is 24.4 Å². The molecule has 1 aliphatic heterocycles. The molecule has 0 unspecified atom stereocenters. The number of fused-ring (bicyclic) bond motifs is 4. The van der Waals surface area contributed by atoms with Gasteiger partial charge in [0.15, 0.2) is 17.0 Å². The lowest BCUT2D eigenvalue weighted by Crippen LogP contribution is -2.48. The summed E-state index contributed by atoms with van der Waals surface area (Å²) in [4.78, 5) is 21.7. The molecular formula is C27H24F3N5O. The van der Waals surface area contributed by atoms with Crippen molar-refractivity contribution >= 4 is 11.6 Å². The highest BCUT2D eigenvalue weighted by atomic mass is 19.4. The van der Waals surface area contributed by atoms with Gasteiger partial charge in [-0.3, -0.25) is 9.69 Å². The number of hydrogen-bond donors (Lipinski definition) is 0. The lowest BCUT2D eigenvalue weighted by molar-refractivity contribution is -0.143. The summed E-state index contributed by atoms with van der Waals surface area (Å²) in [6.45, 7) is 3.14. The molecule has 2 aromatic carbocycles. The smallest absolute Gasteiger partial charge is 0.335 e. The van der Waals surface area contributed by atoms with E-state index >= 15 is 0 Å². The van der Waals surface area contributed by atoms with Gasteiger partial charge in [-0.25, -0.2) is 9.50 Å². The summed E-state index contributed by atoms with van der Waals surface area (Å²) < 4.78 is 43.6. The van der Waals surface area contributed by atoms with E-state index in [0.29, 0.717) is 43.9 Å². The quantitative estimate of drug-likeness (QED) is 0.424. The Kier molecular flexibility index (Phi) is 5.52. The standard InChI is InChI=1S/C27H24F3N5O/c28-27(29,30)25-21-11-10-19-8-4-5-9-20(19)24(21)31-23-16-22(32-35(23)25)26(36)34-14-12-33(13-15-34)17-18-6-2-1-3-7-18/h1-9,16H,10-15,17H2. The molecule has 1 fully saturated rings. The molecule has 0 bridgehead atoms. The maximum absolute atomic E-state index is 14.3. The van der Waals surface area contributed by atoms with Gasteiger partial charge in [-0.15, -0.1) is 0 Å². The zero-order valence-corrected chi connectivity index (χ0v) is 19.5. The summed E-state index contributed by atoms with van der Waals surface area (Å²) >= 11 is 0. The Labute approximate surface area is 206 Å². The Morgan fingerprint density at radius 3 is 2.39 bits per heavy atom. The first-order valence-electron chi connectivity index (χ1n) is 12.0. The number of rotatable bonds is 3. The molecule has 6 rings (SSSR count). The van der Waals surface area contributed by atoms with Crippen molar-refractivity contribution in [3.8, 4) is 11.3 Å². The second-order valence-corrected chi connectivity index (χ2v) is 9.30. The summed E-state index contributed by atoms with van der Waals surface area (Å²) in [5.74, 6) is -0.369. The van der Waals surface area contributed by atoms with Crippen LogP contribution in [0.15, 0.2) is 60.7 Å². The molecule has 0 saturated carbocycles. The van der Waals surface area contributed by atoms with Gasteiger partial charge >= 0.3 is 6.18 Å². The lowest BCUT2D eigenvalue weighted by atomic mass is 9.88. The Balaban J connectivity index is 1.30. The number of halogens is 3. The fourth-order valence-electron chi connectivity index (χ4n) is 5.23. The summed E-state index contributed by atoms with van der Waals surface area (Å²) in [5.41, 5.74) is 2.51. The van der Waals surface area contributed by atoms with E-state index in [0.717, 1.165) is 16.6 Å². The Bertz CT molecular complexity index is 1440. The largest absolute Gasteiger partial charge is 0.433 e. The molecule has 0 N–H and O–H groups in total. The van der Waals surface area contributed by atoms with Crippen LogP contribution < -0.4 is 0 Å². The summed E-state index contributed by atoms with van der Waals surface area (Å²) in [5, 5.41) is 4.13. The normalized spacial score (nSPS) is 16.1. The summed E-state index contributed by atoms with van der Waals surface area (Å²) in [7, 11) is 0. The molecule has 4 aromatic rings. The number of benzene rings is 2. The average Bonchev–Trinajstić information content (AvgIpc) is 3.30. The third kappa shape index (κ3) is 4.03. The molecule has 0 spiro atoms. The SMILES string of the molecule is O=C(c1cc2nc3c(c(C(F)(F)F)n2n1)CCc1ccccc1-3)N1CCN(Cc2ccccc2)CC1. The van der Waals surface area contributed by atoms with Crippen LogP contribution in [-0.2, 0) is 25.6 Å². The van der Waals surface area contributed by atoms with Crippen LogP contribution >= 0.6 is 0 Å². The van der Waals surface area contributed by atoms with E-state index in [1.165, 1.54) is 11.6 Å². The van der Waals surface area contributed by atoms with Crippen LogP contribution in [-0.4, -0.2) is 56.5 Å². The molecule has 6 nitrogen and oxygen atoms in total. The molecule has 0 atom stereocenters. The maximum Gasteiger partial charge on any atom is 0.433 e. The third-order valence-electron chi connectivity index (χ3n) is 7.01. The maximum atomic E-state index is 14.3. The van der Waals surface area contributed by atoms with Crippen molar-refractivity contribution in [2.75, 3.05) is 26.2 Å². The first kappa shape index (κ1) is 22.7. The minimum absolute atomic E-state index is 0.0138. The number of piperazine rings is 1. The number of aromatic nitrogens is 3. The fraction of sp³-hybridized carbons (Fsp3) is 0.296. The molecule has 9 heteroatoms. The van der Waals surface area contributed by atoms with Crippen LogP contribution in [0.3, 0.4) is 0 Å². The van der Waals surface area contributed by atoms with Gasteiger partial charge in [-0.1, -0.05) is 54.6 Å². The van der Waals surface area contributed by atoms with E-state index in [9.17, 15) is 18.0 Å². The van der Waals surface area contributed by atoms with Gasteiger partial charge in [0.2, 0.25) is 0 Å². The van der Waals surface area contributed by atoms with E-state index in [-0.39, 0.29) is 29.2 Å². The van der Waals surface area contributed by atoms with E-state index in [1.807, 2.05) is 30.3 Å².